The van der Waals surface area contributed by atoms with E-state index in [1.807, 2.05) is 19.1 Å². The standard InChI is InChI=1S/C47H60F3NO6S/c1-28(2)34-13-7-29(3)23-36(34)56-41(54)51(26-31-9-11-33(12-10-31)57-47(48,49)50)27-45(55)20-17-39-43(45,6)19-16-38-42(5)18-15-32(52)24-44(42)21-22-46(38,39)35(25-44)40(53)37-14-8-30(4)58-37/h8-12,14,21-22,25,28-29,32,34,36,38-39,52,55H,7,13,15-20,23-24,26-27H2,1-6H3/t29-,32?,34+,36-,38+,39+,42+,43-,44-,45+,46+/m0/s1. The van der Waals surface area contributed by atoms with Crippen molar-refractivity contribution in [2.75, 3.05) is 6.54 Å². The van der Waals surface area contributed by atoms with E-state index in [1.165, 1.54) is 35.6 Å². The fraction of sp³-hybridized carbons (Fsp3) is 0.660. The molecular weight excluding hydrogens is 764 g/mol. The molecule has 58 heavy (non-hydrogen) atoms. The highest BCUT2D eigenvalue weighted by Gasteiger charge is 2.74. The molecule has 316 valence electrons. The number of thiophene rings is 1. The summed E-state index contributed by atoms with van der Waals surface area (Å²) in [7, 11) is 0. The van der Waals surface area contributed by atoms with Gasteiger partial charge in [-0.2, -0.15) is 0 Å². The Labute approximate surface area is 345 Å². The molecule has 7 aliphatic carbocycles. The molecule has 4 fully saturated rings. The molecule has 1 unspecified atom stereocenters. The van der Waals surface area contributed by atoms with Crippen molar-refractivity contribution in [2.45, 2.75) is 136 Å². The molecule has 0 aliphatic heterocycles. The van der Waals surface area contributed by atoms with Gasteiger partial charge in [-0.05, 0) is 130 Å². The highest BCUT2D eigenvalue weighted by Crippen LogP contribution is 2.78. The number of nitrogens with zero attached hydrogens (tertiary/aromatic N) is 1. The Kier molecular flexibility index (Phi) is 10.4. The zero-order chi connectivity index (χ0) is 41.6. The Hall–Kier alpha value is -3.15. The second-order valence-electron chi connectivity index (χ2n) is 19.8. The summed E-state index contributed by atoms with van der Waals surface area (Å²) in [5.74, 6) is 0.589. The number of carbonyl (C=O) groups excluding carboxylic acids is 2. The maximum Gasteiger partial charge on any atom is 0.573 e. The monoisotopic (exact) mass is 823 g/mol. The van der Waals surface area contributed by atoms with Crippen LogP contribution in [0, 0.1) is 58.2 Å². The number of ketones is 1. The van der Waals surface area contributed by atoms with Gasteiger partial charge < -0.3 is 24.6 Å². The number of carbonyl (C=O) groups is 2. The average Bonchev–Trinajstić information content (AvgIpc) is 3.70. The van der Waals surface area contributed by atoms with Crippen molar-refractivity contribution in [3.8, 4) is 5.75 Å². The first-order valence-corrected chi connectivity index (χ1v) is 22.3. The van der Waals surface area contributed by atoms with Crippen LogP contribution in [-0.4, -0.2) is 57.7 Å². The van der Waals surface area contributed by atoms with Gasteiger partial charge in [0.2, 0.25) is 0 Å². The fourth-order valence-corrected chi connectivity index (χ4v) is 14.1. The SMILES string of the molecule is Cc1ccc(C(=O)C2=C[C@@]34C=C[C@@]25[C@@H]2CC[C@@](O)(CN(Cc6ccc(OC(F)(F)F)cc6)C(=O)O[C@H]6C[C@@H](C)CC[C@@H]6C(C)C)[C@@]2(C)CC[C@@H]5[C@@]3(C)CCC(O)C4)s1. The first kappa shape index (κ1) is 41.6. The number of ether oxygens (including phenoxy) is 2. The second kappa shape index (κ2) is 14.5. The molecule has 2 aromatic rings. The maximum absolute atomic E-state index is 14.9. The molecule has 4 saturated carbocycles. The van der Waals surface area contributed by atoms with Crippen LogP contribution in [0.25, 0.3) is 0 Å². The van der Waals surface area contributed by atoms with Gasteiger partial charge in [-0.1, -0.05) is 71.4 Å². The number of Topliss-reactive ketones (excluding diaryl/α,β-unsaturated/α-hetero) is 1. The summed E-state index contributed by atoms with van der Waals surface area (Å²) in [6.07, 6.45) is 8.14. The normalized spacial score (nSPS) is 39.1. The number of alkyl halides is 3. The van der Waals surface area contributed by atoms with Crippen LogP contribution in [0.5, 0.6) is 5.75 Å². The molecule has 11 atom stereocenters. The average molecular weight is 824 g/mol. The third kappa shape index (κ3) is 6.68. The van der Waals surface area contributed by atoms with E-state index in [2.05, 4.69) is 57.6 Å². The molecule has 1 aromatic heterocycles. The maximum atomic E-state index is 14.9. The zero-order valence-electron chi connectivity index (χ0n) is 34.7. The van der Waals surface area contributed by atoms with Gasteiger partial charge in [0.25, 0.3) is 0 Å². The van der Waals surface area contributed by atoms with E-state index in [0.29, 0.717) is 54.4 Å². The van der Waals surface area contributed by atoms with Gasteiger partial charge >= 0.3 is 12.5 Å². The van der Waals surface area contributed by atoms with Crippen LogP contribution < -0.4 is 4.74 Å². The number of aliphatic hydroxyl groups excluding tert-OH is 1. The van der Waals surface area contributed by atoms with Crippen molar-refractivity contribution >= 4 is 23.2 Å². The number of benzene rings is 1. The topological polar surface area (TPSA) is 96.3 Å². The Morgan fingerprint density at radius 1 is 0.948 bits per heavy atom. The summed E-state index contributed by atoms with van der Waals surface area (Å²) in [4.78, 5) is 32.7. The van der Waals surface area contributed by atoms with E-state index >= 15 is 0 Å². The van der Waals surface area contributed by atoms with Crippen LogP contribution in [0.3, 0.4) is 0 Å². The van der Waals surface area contributed by atoms with E-state index < -0.39 is 40.4 Å². The smallest absolute Gasteiger partial charge is 0.446 e. The second-order valence-corrected chi connectivity index (χ2v) is 21.1. The molecule has 1 aromatic carbocycles. The predicted octanol–water partition coefficient (Wildman–Crippen LogP) is 10.8. The molecule has 11 heteroatoms. The molecule has 7 nitrogen and oxygen atoms in total. The molecule has 2 bridgehead atoms. The first-order valence-electron chi connectivity index (χ1n) is 21.5. The van der Waals surface area contributed by atoms with Gasteiger partial charge in [0.1, 0.15) is 11.9 Å². The van der Waals surface area contributed by atoms with Gasteiger partial charge in [-0.25, -0.2) is 4.79 Å². The summed E-state index contributed by atoms with van der Waals surface area (Å²) in [6.45, 7) is 13.0. The molecule has 2 spiro atoms. The van der Waals surface area contributed by atoms with Gasteiger partial charge in [0, 0.05) is 33.2 Å². The van der Waals surface area contributed by atoms with Crippen molar-refractivity contribution in [2.24, 2.45) is 51.2 Å². The number of hydrogen-bond donors (Lipinski definition) is 2. The quantitative estimate of drug-likeness (QED) is 0.193. The van der Waals surface area contributed by atoms with Crippen molar-refractivity contribution in [3.63, 3.8) is 0 Å². The molecule has 1 amide bonds. The zero-order valence-corrected chi connectivity index (χ0v) is 35.6. The van der Waals surface area contributed by atoms with Gasteiger partial charge in [0.15, 0.2) is 5.78 Å². The number of rotatable bonds is 9. The van der Waals surface area contributed by atoms with Crippen molar-refractivity contribution in [1.82, 2.24) is 4.90 Å². The Morgan fingerprint density at radius 2 is 1.64 bits per heavy atom. The highest BCUT2D eigenvalue weighted by molar-refractivity contribution is 7.14. The van der Waals surface area contributed by atoms with Crippen molar-refractivity contribution < 1.29 is 42.4 Å². The molecule has 7 aliphatic rings. The predicted molar refractivity (Wildman–Crippen MR) is 217 cm³/mol. The lowest BCUT2D eigenvalue weighted by Crippen LogP contribution is -2.67. The van der Waals surface area contributed by atoms with E-state index in [-0.39, 0.29) is 53.9 Å². The van der Waals surface area contributed by atoms with E-state index in [0.717, 1.165) is 42.6 Å². The fourth-order valence-electron chi connectivity index (χ4n) is 13.3. The van der Waals surface area contributed by atoms with E-state index in [9.17, 15) is 33.0 Å². The summed E-state index contributed by atoms with van der Waals surface area (Å²) < 4.78 is 49.6. The summed E-state index contributed by atoms with van der Waals surface area (Å²) >= 11 is 1.50. The number of amides is 1. The van der Waals surface area contributed by atoms with Gasteiger partial charge in [0.05, 0.1) is 23.1 Å². The Balaban J connectivity index is 1.15. The third-order valence-corrected chi connectivity index (χ3v) is 17.4. The summed E-state index contributed by atoms with van der Waals surface area (Å²) in [5, 5.41) is 24.3. The number of halogens is 3. The first-order chi connectivity index (χ1) is 27.2. The number of hydrogen-bond acceptors (Lipinski definition) is 7. The van der Waals surface area contributed by atoms with Crippen molar-refractivity contribution in [1.29, 1.82) is 0 Å². The van der Waals surface area contributed by atoms with Crippen LogP contribution in [0.4, 0.5) is 18.0 Å². The number of allylic oxidation sites excluding steroid dienone is 4. The molecule has 9 rings (SSSR count). The molecule has 2 N–H and O–H groups in total. The van der Waals surface area contributed by atoms with Crippen LogP contribution in [-0.2, 0) is 11.3 Å². The largest absolute Gasteiger partial charge is 0.573 e. The molecule has 1 heterocycles. The van der Waals surface area contributed by atoms with Gasteiger partial charge in [-0.3, -0.25) is 4.79 Å². The van der Waals surface area contributed by atoms with Crippen LogP contribution in [0.2, 0.25) is 0 Å². The minimum absolute atomic E-state index is 0.0246. The highest BCUT2D eigenvalue weighted by atomic mass is 32.1. The van der Waals surface area contributed by atoms with Crippen LogP contribution in [0.15, 0.2) is 60.2 Å². The lowest BCUT2D eigenvalue weighted by atomic mass is 9.32. The minimum Gasteiger partial charge on any atom is -0.446 e. The van der Waals surface area contributed by atoms with E-state index in [4.69, 9.17) is 4.74 Å². The Bertz CT molecular complexity index is 1980. The molecule has 0 radical (unpaired) electrons. The lowest BCUT2D eigenvalue weighted by Gasteiger charge is -2.71. The molecular formula is C47H60F3NO6S. The lowest BCUT2D eigenvalue weighted by molar-refractivity contribution is -0.274. The van der Waals surface area contributed by atoms with Gasteiger partial charge in [-0.15, -0.1) is 24.5 Å². The van der Waals surface area contributed by atoms with Crippen LogP contribution >= 0.6 is 11.3 Å². The third-order valence-electron chi connectivity index (χ3n) is 16.4. The number of aliphatic hydroxyl groups is 2. The summed E-state index contributed by atoms with van der Waals surface area (Å²) in [6, 6.07) is 9.43. The summed E-state index contributed by atoms with van der Waals surface area (Å²) in [5.41, 5.74) is -1.95. The number of aryl methyl sites for hydroxylation is 1. The molecule has 0 saturated heterocycles. The Morgan fingerprint density at radius 3 is 2.31 bits per heavy atom. The minimum atomic E-state index is -4.83. The van der Waals surface area contributed by atoms with Crippen molar-refractivity contribution in [3.05, 3.63) is 75.5 Å². The van der Waals surface area contributed by atoms with Crippen LogP contribution in [0.1, 0.15) is 119 Å². The number of fused-ring (bicyclic) bond motifs is 1. The van der Waals surface area contributed by atoms with E-state index in [1.54, 1.807) is 4.90 Å².